The molecule has 1 heterocycles. The van der Waals surface area contributed by atoms with Crippen molar-refractivity contribution in [3.63, 3.8) is 0 Å². The van der Waals surface area contributed by atoms with Crippen LogP contribution in [0.1, 0.15) is 13.3 Å². The van der Waals surface area contributed by atoms with Crippen molar-refractivity contribution in [3.05, 3.63) is 23.3 Å². The van der Waals surface area contributed by atoms with Gasteiger partial charge in [0.1, 0.15) is 0 Å². The zero-order valence-corrected chi connectivity index (χ0v) is 10.2. The third kappa shape index (κ3) is 1.29. The van der Waals surface area contributed by atoms with Gasteiger partial charge in [0.15, 0.2) is 5.71 Å². The molecule has 1 saturated carbocycles. The van der Waals surface area contributed by atoms with Crippen molar-refractivity contribution in [2.45, 2.75) is 18.9 Å². The average Bonchev–Trinajstić information content (AvgIpc) is 2.90. The molecule has 2 aliphatic carbocycles. The molecule has 1 spiro atoms. The van der Waals surface area contributed by atoms with Crippen LogP contribution in [-0.4, -0.2) is 36.4 Å². The lowest BCUT2D eigenvalue weighted by Gasteiger charge is -2.18. The summed E-state index contributed by atoms with van der Waals surface area (Å²) < 4.78 is 0. The highest BCUT2D eigenvalue weighted by molar-refractivity contribution is 6.46. The number of allylic oxidation sites excluding steroid dienone is 2. The number of carbonyl (C=O) groups excluding carboxylic acids is 1. The van der Waals surface area contributed by atoms with Crippen molar-refractivity contribution in [3.8, 4) is 0 Å². The Morgan fingerprint density at radius 2 is 2.47 bits per heavy atom. The van der Waals surface area contributed by atoms with E-state index in [1.54, 1.807) is 7.05 Å². The van der Waals surface area contributed by atoms with Crippen LogP contribution < -0.4 is 5.43 Å². The minimum Gasteiger partial charge on any atom is -0.298 e. The Bertz CT molecular complexity index is 492. The third-order valence-electron chi connectivity index (χ3n) is 3.72. The standard InChI is InChI=1S/C12H15N3O2/c1-7-4-8-6-12(8)9(5-7)10(13-14-12)11(16)15(2)17-3/h4-5,8,14H,6H2,1-3H3. The lowest BCUT2D eigenvalue weighted by molar-refractivity contribution is -0.160. The van der Waals surface area contributed by atoms with E-state index in [1.807, 2.05) is 6.08 Å². The fraction of sp³-hybridized carbons (Fsp3) is 0.500. The molecule has 1 N–H and O–H groups in total. The van der Waals surface area contributed by atoms with Gasteiger partial charge in [-0.2, -0.15) is 5.10 Å². The molecule has 3 rings (SSSR count). The normalized spacial score (nSPS) is 32.6. The number of carbonyl (C=O) groups is 1. The largest absolute Gasteiger partial charge is 0.298 e. The Morgan fingerprint density at radius 3 is 3.18 bits per heavy atom. The lowest BCUT2D eigenvalue weighted by atomic mass is 9.92. The third-order valence-corrected chi connectivity index (χ3v) is 3.72. The number of amides is 1. The van der Waals surface area contributed by atoms with E-state index in [1.165, 1.54) is 17.7 Å². The quantitative estimate of drug-likeness (QED) is 0.711. The summed E-state index contributed by atoms with van der Waals surface area (Å²) in [5.74, 6) is 0.271. The van der Waals surface area contributed by atoms with Crippen LogP contribution in [0.25, 0.3) is 0 Å². The van der Waals surface area contributed by atoms with Gasteiger partial charge in [-0.1, -0.05) is 17.7 Å². The molecule has 0 saturated heterocycles. The zero-order valence-electron chi connectivity index (χ0n) is 10.2. The number of nitrogens with zero attached hydrogens (tertiary/aromatic N) is 2. The number of rotatable bonds is 2. The average molecular weight is 233 g/mol. The molecule has 5 heteroatoms. The molecule has 2 unspecified atom stereocenters. The second kappa shape index (κ2) is 3.20. The zero-order chi connectivity index (χ0) is 12.2. The Morgan fingerprint density at radius 1 is 1.71 bits per heavy atom. The lowest BCUT2D eigenvalue weighted by Crippen LogP contribution is -2.35. The van der Waals surface area contributed by atoms with E-state index in [9.17, 15) is 4.79 Å². The second-order valence-electron chi connectivity index (χ2n) is 4.81. The smallest absolute Gasteiger partial charge is 0.297 e. The predicted octanol–water partition coefficient (Wildman–Crippen LogP) is 0.610. The van der Waals surface area contributed by atoms with Crippen LogP contribution in [0.5, 0.6) is 0 Å². The first-order valence-corrected chi connectivity index (χ1v) is 5.66. The summed E-state index contributed by atoms with van der Waals surface area (Å²) in [7, 11) is 3.06. The Kier molecular flexibility index (Phi) is 1.98. The molecule has 1 aliphatic heterocycles. The topological polar surface area (TPSA) is 53.9 Å². The van der Waals surface area contributed by atoms with E-state index in [0.717, 1.165) is 12.0 Å². The van der Waals surface area contributed by atoms with Gasteiger partial charge in [0.2, 0.25) is 0 Å². The molecule has 0 aromatic rings. The summed E-state index contributed by atoms with van der Waals surface area (Å²) in [4.78, 5) is 17.0. The van der Waals surface area contributed by atoms with Crippen molar-refractivity contribution in [2.24, 2.45) is 11.0 Å². The number of hydrogen-bond acceptors (Lipinski definition) is 4. The number of nitrogens with one attached hydrogen (secondary N) is 1. The summed E-state index contributed by atoms with van der Waals surface area (Å²) in [6, 6.07) is 0. The maximum Gasteiger partial charge on any atom is 0.297 e. The van der Waals surface area contributed by atoms with E-state index < -0.39 is 0 Å². The van der Waals surface area contributed by atoms with E-state index in [2.05, 4.69) is 23.5 Å². The minimum atomic E-state index is -0.205. The summed E-state index contributed by atoms with van der Waals surface area (Å²) in [6.45, 7) is 2.05. The van der Waals surface area contributed by atoms with Crippen LogP contribution in [0.3, 0.4) is 0 Å². The van der Waals surface area contributed by atoms with E-state index >= 15 is 0 Å². The molecular formula is C12H15N3O2. The molecular weight excluding hydrogens is 218 g/mol. The molecule has 0 aromatic heterocycles. The molecule has 17 heavy (non-hydrogen) atoms. The van der Waals surface area contributed by atoms with Crippen molar-refractivity contribution in [2.75, 3.05) is 14.2 Å². The summed E-state index contributed by atoms with van der Waals surface area (Å²) in [5, 5.41) is 5.39. The highest BCUT2D eigenvalue weighted by atomic mass is 16.7. The van der Waals surface area contributed by atoms with Crippen molar-refractivity contribution >= 4 is 11.6 Å². The van der Waals surface area contributed by atoms with Gasteiger partial charge in [0.25, 0.3) is 5.91 Å². The van der Waals surface area contributed by atoms with Crippen LogP contribution in [0.4, 0.5) is 0 Å². The monoisotopic (exact) mass is 233 g/mol. The van der Waals surface area contributed by atoms with Gasteiger partial charge in [-0.15, -0.1) is 0 Å². The SMILES string of the molecule is CON(C)C(=O)C1=NNC23CC2C=C(C)C=C13. The summed E-state index contributed by atoms with van der Waals surface area (Å²) in [5.41, 5.74) is 5.70. The van der Waals surface area contributed by atoms with E-state index in [4.69, 9.17) is 4.84 Å². The molecule has 1 amide bonds. The Balaban J connectivity index is 1.94. The van der Waals surface area contributed by atoms with Crippen LogP contribution in [0.2, 0.25) is 0 Å². The van der Waals surface area contributed by atoms with Crippen molar-refractivity contribution in [1.82, 2.24) is 10.5 Å². The fourth-order valence-electron chi connectivity index (χ4n) is 2.60. The molecule has 0 radical (unpaired) electrons. The van der Waals surface area contributed by atoms with Gasteiger partial charge in [-0.3, -0.25) is 15.1 Å². The van der Waals surface area contributed by atoms with Crippen molar-refractivity contribution in [1.29, 1.82) is 0 Å². The van der Waals surface area contributed by atoms with Gasteiger partial charge in [0.05, 0.1) is 12.6 Å². The maximum absolute atomic E-state index is 12.1. The van der Waals surface area contributed by atoms with Crippen LogP contribution in [0, 0.1) is 5.92 Å². The number of hydrazone groups is 1. The van der Waals surface area contributed by atoms with Crippen molar-refractivity contribution < 1.29 is 9.63 Å². The molecule has 1 fully saturated rings. The first kappa shape index (κ1) is 10.5. The van der Waals surface area contributed by atoms with Gasteiger partial charge in [-0.25, -0.2) is 5.06 Å². The summed E-state index contributed by atoms with van der Waals surface area (Å²) in [6.07, 6.45) is 5.30. The highest BCUT2D eigenvalue weighted by Crippen LogP contribution is 2.55. The molecule has 90 valence electrons. The molecule has 0 bridgehead atoms. The Labute approximate surface area is 99.8 Å². The molecule has 5 nitrogen and oxygen atoms in total. The van der Waals surface area contributed by atoms with Gasteiger partial charge in [0, 0.05) is 18.5 Å². The van der Waals surface area contributed by atoms with Gasteiger partial charge < -0.3 is 0 Å². The van der Waals surface area contributed by atoms with Crippen LogP contribution >= 0.6 is 0 Å². The number of hydroxylamine groups is 2. The Hall–Kier alpha value is -1.62. The van der Waals surface area contributed by atoms with E-state index in [0.29, 0.717) is 11.6 Å². The van der Waals surface area contributed by atoms with Crippen LogP contribution in [-0.2, 0) is 9.63 Å². The second-order valence-corrected chi connectivity index (χ2v) is 4.81. The fourth-order valence-corrected chi connectivity index (χ4v) is 2.60. The van der Waals surface area contributed by atoms with Gasteiger partial charge >= 0.3 is 0 Å². The van der Waals surface area contributed by atoms with E-state index in [-0.39, 0.29) is 11.4 Å². The molecule has 0 aromatic carbocycles. The molecule has 3 aliphatic rings. The summed E-state index contributed by atoms with van der Waals surface area (Å²) >= 11 is 0. The number of hydrogen-bond donors (Lipinski definition) is 1. The first-order chi connectivity index (χ1) is 8.08. The highest BCUT2D eigenvalue weighted by Gasteiger charge is 2.61. The maximum atomic E-state index is 12.1. The predicted molar refractivity (Wildman–Crippen MR) is 63.0 cm³/mol. The first-order valence-electron chi connectivity index (χ1n) is 5.66. The van der Waals surface area contributed by atoms with Crippen LogP contribution in [0.15, 0.2) is 28.4 Å². The van der Waals surface area contributed by atoms with Gasteiger partial charge in [-0.05, 0) is 13.3 Å². The minimum absolute atomic E-state index is 0.0981. The molecule has 2 atom stereocenters.